The molecule has 5 heteroatoms. The molecule has 1 heterocycles. The molecule has 2 rings (SSSR count). The van der Waals surface area contributed by atoms with E-state index in [9.17, 15) is 4.79 Å². The van der Waals surface area contributed by atoms with E-state index in [0.717, 1.165) is 25.7 Å². The number of rotatable bonds is 3. The Hall–Kier alpha value is -1.00. The van der Waals surface area contributed by atoms with Gasteiger partial charge in [0.15, 0.2) is 5.76 Å². The number of carbonyl (C=O) groups is 1. The second kappa shape index (κ2) is 6.07. The predicted molar refractivity (Wildman–Crippen MR) is 68.3 cm³/mol. The maximum Gasteiger partial charge on any atom is 0.287 e. The average molecular weight is 259 g/mol. The van der Waals surface area contributed by atoms with Gasteiger partial charge in [0.2, 0.25) is 0 Å². The van der Waals surface area contributed by atoms with Gasteiger partial charge in [-0.1, -0.05) is 19.3 Å². The van der Waals surface area contributed by atoms with Gasteiger partial charge in [0.25, 0.3) is 5.91 Å². The Kier molecular flexibility index (Phi) is 5.02. The molecule has 1 aliphatic rings. The van der Waals surface area contributed by atoms with Gasteiger partial charge >= 0.3 is 0 Å². The molecule has 3 N–H and O–H groups in total. The van der Waals surface area contributed by atoms with Crippen molar-refractivity contribution in [3.63, 3.8) is 0 Å². The molecule has 1 saturated carbocycles. The summed E-state index contributed by atoms with van der Waals surface area (Å²) in [6, 6.07) is 3.35. The molecule has 96 valence electrons. The van der Waals surface area contributed by atoms with Crippen molar-refractivity contribution in [3.05, 3.63) is 24.2 Å². The van der Waals surface area contributed by atoms with Gasteiger partial charge in [-0.2, -0.15) is 0 Å². The molecule has 1 fully saturated rings. The number of nitrogens with two attached hydrogens (primary N) is 1. The molecule has 0 spiro atoms. The Morgan fingerprint density at radius 2 is 2.12 bits per heavy atom. The number of hydrogen-bond acceptors (Lipinski definition) is 3. The molecule has 1 amide bonds. The number of amides is 1. The van der Waals surface area contributed by atoms with Crippen molar-refractivity contribution in [3.8, 4) is 0 Å². The quantitative estimate of drug-likeness (QED) is 0.872. The summed E-state index contributed by atoms with van der Waals surface area (Å²) >= 11 is 0. The second-order valence-corrected chi connectivity index (χ2v) is 4.58. The lowest BCUT2D eigenvalue weighted by molar-refractivity contribution is 0.0910. The maximum absolute atomic E-state index is 11.6. The standard InChI is InChI=1S/C12H18N2O2.ClH/c13-12(6-2-1-3-7-12)9-14-11(15)10-5-4-8-16-10;/h4-5,8H,1-3,6-7,9,13H2,(H,14,15);1H. The highest BCUT2D eigenvalue weighted by molar-refractivity contribution is 5.91. The van der Waals surface area contributed by atoms with Crippen LogP contribution in [0.5, 0.6) is 0 Å². The van der Waals surface area contributed by atoms with Crippen LogP contribution >= 0.6 is 12.4 Å². The first-order chi connectivity index (χ1) is 7.70. The van der Waals surface area contributed by atoms with Gasteiger partial charge in [0, 0.05) is 12.1 Å². The van der Waals surface area contributed by atoms with Gasteiger partial charge in [-0.05, 0) is 25.0 Å². The van der Waals surface area contributed by atoms with Crippen LogP contribution in [0.2, 0.25) is 0 Å². The van der Waals surface area contributed by atoms with Gasteiger partial charge in [0.05, 0.1) is 6.26 Å². The molecule has 1 aromatic heterocycles. The lowest BCUT2D eigenvalue weighted by atomic mass is 9.82. The van der Waals surface area contributed by atoms with Crippen LogP contribution in [0.3, 0.4) is 0 Å². The Balaban J connectivity index is 0.00000144. The van der Waals surface area contributed by atoms with Gasteiger partial charge < -0.3 is 15.5 Å². The molecule has 0 atom stereocenters. The van der Waals surface area contributed by atoms with Crippen LogP contribution in [0.1, 0.15) is 42.7 Å². The van der Waals surface area contributed by atoms with Gasteiger partial charge in [0.1, 0.15) is 0 Å². The summed E-state index contributed by atoms with van der Waals surface area (Å²) < 4.78 is 5.02. The minimum Gasteiger partial charge on any atom is -0.459 e. The van der Waals surface area contributed by atoms with Crippen molar-refractivity contribution in [2.24, 2.45) is 5.73 Å². The minimum atomic E-state index is -0.222. The van der Waals surface area contributed by atoms with E-state index in [0.29, 0.717) is 12.3 Å². The van der Waals surface area contributed by atoms with E-state index in [1.165, 1.54) is 12.7 Å². The van der Waals surface area contributed by atoms with Crippen LogP contribution in [-0.4, -0.2) is 18.0 Å². The number of furan rings is 1. The molecule has 17 heavy (non-hydrogen) atoms. The topological polar surface area (TPSA) is 68.3 Å². The van der Waals surface area contributed by atoms with Crippen molar-refractivity contribution < 1.29 is 9.21 Å². The summed E-state index contributed by atoms with van der Waals surface area (Å²) in [5.74, 6) is 0.166. The fraction of sp³-hybridized carbons (Fsp3) is 0.583. The van der Waals surface area contributed by atoms with Gasteiger partial charge in [-0.15, -0.1) is 12.4 Å². The Bertz CT molecular complexity index is 345. The molecule has 4 nitrogen and oxygen atoms in total. The summed E-state index contributed by atoms with van der Waals surface area (Å²) in [5, 5.41) is 2.84. The summed E-state index contributed by atoms with van der Waals surface area (Å²) in [7, 11) is 0. The molecular weight excluding hydrogens is 240 g/mol. The summed E-state index contributed by atoms with van der Waals surface area (Å²) in [4.78, 5) is 11.6. The molecular formula is C12H19ClN2O2. The largest absolute Gasteiger partial charge is 0.459 e. The first kappa shape index (κ1) is 14.1. The summed E-state index contributed by atoms with van der Waals surface area (Å²) in [6.07, 6.45) is 7.05. The van der Waals surface area contributed by atoms with Gasteiger partial charge in [-0.25, -0.2) is 0 Å². The molecule has 0 radical (unpaired) electrons. The fourth-order valence-electron chi connectivity index (χ4n) is 2.18. The van der Waals surface area contributed by atoms with E-state index in [1.54, 1.807) is 12.1 Å². The maximum atomic E-state index is 11.6. The Morgan fingerprint density at radius 3 is 2.71 bits per heavy atom. The van der Waals surface area contributed by atoms with E-state index < -0.39 is 0 Å². The first-order valence-corrected chi connectivity index (χ1v) is 5.80. The Morgan fingerprint density at radius 1 is 1.41 bits per heavy atom. The highest BCUT2D eigenvalue weighted by Crippen LogP contribution is 2.25. The Labute approximate surface area is 107 Å². The zero-order chi connectivity index (χ0) is 11.4. The highest BCUT2D eigenvalue weighted by Gasteiger charge is 2.28. The van der Waals surface area contributed by atoms with E-state index in [4.69, 9.17) is 10.2 Å². The van der Waals surface area contributed by atoms with Crippen LogP contribution in [0.4, 0.5) is 0 Å². The van der Waals surface area contributed by atoms with Crippen molar-refractivity contribution in [1.29, 1.82) is 0 Å². The summed E-state index contributed by atoms with van der Waals surface area (Å²) in [6.45, 7) is 0.534. The lowest BCUT2D eigenvalue weighted by Crippen LogP contribution is -2.51. The molecule has 0 bridgehead atoms. The number of nitrogens with one attached hydrogen (secondary N) is 1. The van der Waals surface area contributed by atoms with Gasteiger partial charge in [-0.3, -0.25) is 4.79 Å². The van der Waals surface area contributed by atoms with E-state index in [2.05, 4.69) is 5.32 Å². The molecule has 0 aromatic carbocycles. The molecule has 1 aliphatic carbocycles. The fourth-order valence-corrected chi connectivity index (χ4v) is 2.18. The third-order valence-electron chi connectivity index (χ3n) is 3.20. The molecule has 0 unspecified atom stereocenters. The number of hydrogen-bond donors (Lipinski definition) is 2. The van der Waals surface area contributed by atoms with Crippen molar-refractivity contribution in [2.75, 3.05) is 6.54 Å². The first-order valence-electron chi connectivity index (χ1n) is 5.80. The summed E-state index contributed by atoms with van der Waals surface area (Å²) in [5.41, 5.74) is 5.99. The SMILES string of the molecule is Cl.NC1(CNC(=O)c2ccco2)CCCCC1. The minimum absolute atomic E-state index is 0. The van der Waals surface area contributed by atoms with Crippen molar-refractivity contribution >= 4 is 18.3 Å². The van der Waals surface area contributed by atoms with E-state index in [1.807, 2.05) is 0 Å². The zero-order valence-corrected chi connectivity index (χ0v) is 10.6. The van der Waals surface area contributed by atoms with Crippen LogP contribution < -0.4 is 11.1 Å². The second-order valence-electron chi connectivity index (χ2n) is 4.58. The van der Waals surface area contributed by atoms with Crippen molar-refractivity contribution in [1.82, 2.24) is 5.32 Å². The molecule has 1 aromatic rings. The predicted octanol–water partition coefficient (Wildman–Crippen LogP) is 2.09. The third kappa shape index (κ3) is 3.75. The van der Waals surface area contributed by atoms with Crippen molar-refractivity contribution in [2.45, 2.75) is 37.6 Å². The highest BCUT2D eigenvalue weighted by atomic mass is 35.5. The number of halogens is 1. The van der Waals surface area contributed by atoms with E-state index >= 15 is 0 Å². The lowest BCUT2D eigenvalue weighted by Gasteiger charge is -2.33. The average Bonchev–Trinajstić information content (AvgIpc) is 2.80. The zero-order valence-electron chi connectivity index (χ0n) is 9.78. The number of carbonyl (C=O) groups excluding carboxylic acids is 1. The monoisotopic (exact) mass is 258 g/mol. The molecule has 0 aliphatic heterocycles. The van der Waals surface area contributed by atoms with Crippen LogP contribution in [0.25, 0.3) is 0 Å². The molecule has 0 saturated heterocycles. The third-order valence-corrected chi connectivity index (χ3v) is 3.20. The smallest absolute Gasteiger partial charge is 0.287 e. The normalized spacial score (nSPS) is 18.2. The van der Waals surface area contributed by atoms with Crippen LogP contribution in [-0.2, 0) is 0 Å². The van der Waals surface area contributed by atoms with Crippen LogP contribution in [0.15, 0.2) is 22.8 Å². The van der Waals surface area contributed by atoms with Crippen LogP contribution in [0, 0.1) is 0 Å². The van der Waals surface area contributed by atoms with E-state index in [-0.39, 0.29) is 23.9 Å².